The number of nitrogens with zero attached hydrogens (tertiary/aromatic N) is 1. The first kappa shape index (κ1) is 16.0. The van der Waals surface area contributed by atoms with Gasteiger partial charge in [-0.3, -0.25) is 4.79 Å². The Morgan fingerprint density at radius 1 is 1.10 bits per heavy atom. The molecule has 1 heterocycles. The number of sulfone groups is 1. The van der Waals surface area contributed by atoms with Gasteiger partial charge in [-0.1, -0.05) is 32.9 Å². The fraction of sp³-hybridized carbons (Fsp3) is 0.562. The molecule has 0 spiro atoms. The largest absolute Gasteiger partial charge is 0.337 e. The number of hydrogen-bond acceptors (Lipinski definition) is 3. The minimum absolute atomic E-state index is 0.0703. The first-order chi connectivity index (χ1) is 9.66. The smallest absolute Gasteiger partial charge is 0.253 e. The van der Waals surface area contributed by atoms with Gasteiger partial charge in [-0.25, -0.2) is 8.42 Å². The fourth-order valence-corrected chi connectivity index (χ4v) is 3.68. The van der Waals surface area contributed by atoms with Gasteiger partial charge in [-0.05, 0) is 29.5 Å². The molecule has 0 bridgehead atoms. The lowest BCUT2D eigenvalue weighted by molar-refractivity contribution is 0.0770. The molecule has 0 N–H and O–H groups in total. The zero-order chi connectivity index (χ0) is 15.7. The molecule has 1 aliphatic rings. The van der Waals surface area contributed by atoms with E-state index >= 15 is 0 Å². The van der Waals surface area contributed by atoms with Gasteiger partial charge in [-0.15, -0.1) is 0 Å². The van der Waals surface area contributed by atoms with Crippen molar-refractivity contribution < 1.29 is 13.2 Å². The van der Waals surface area contributed by atoms with Crippen LogP contribution in [0.3, 0.4) is 0 Å². The van der Waals surface area contributed by atoms with E-state index in [0.717, 1.165) is 6.42 Å². The summed E-state index contributed by atoms with van der Waals surface area (Å²) in [6, 6.07) is 7.65. The molecule has 21 heavy (non-hydrogen) atoms. The second kappa shape index (κ2) is 5.79. The van der Waals surface area contributed by atoms with Gasteiger partial charge in [0.15, 0.2) is 9.84 Å². The monoisotopic (exact) mass is 309 g/mol. The van der Waals surface area contributed by atoms with Gasteiger partial charge in [-0.2, -0.15) is 0 Å². The van der Waals surface area contributed by atoms with Crippen LogP contribution in [0.1, 0.15) is 36.7 Å². The van der Waals surface area contributed by atoms with Crippen molar-refractivity contribution in [2.75, 3.05) is 24.6 Å². The maximum atomic E-state index is 12.3. The van der Waals surface area contributed by atoms with Gasteiger partial charge >= 0.3 is 0 Å². The highest BCUT2D eigenvalue weighted by Crippen LogP contribution is 2.21. The van der Waals surface area contributed by atoms with Crippen LogP contribution >= 0.6 is 0 Å². The molecule has 1 saturated heterocycles. The third kappa shape index (κ3) is 4.56. The molecule has 0 aromatic heterocycles. The maximum Gasteiger partial charge on any atom is 0.253 e. The highest BCUT2D eigenvalue weighted by Gasteiger charge is 2.25. The average molecular weight is 309 g/mol. The van der Waals surface area contributed by atoms with Gasteiger partial charge in [0.2, 0.25) is 0 Å². The summed E-state index contributed by atoms with van der Waals surface area (Å²) in [7, 11) is -2.95. The Kier molecular flexibility index (Phi) is 4.42. The molecule has 0 aliphatic carbocycles. The van der Waals surface area contributed by atoms with Crippen molar-refractivity contribution in [2.24, 2.45) is 5.41 Å². The third-order valence-electron chi connectivity index (χ3n) is 3.57. The van der Waals surface area contributed by atoms with Crippen molar-refractivity contribution in [3.05, 3.63) is 35.4 Å². The second-order valence-corrected chi connectivity index (χ2v) is 9.18. The molecule has 1 aliphatic heterocycles. The van der Waals surface area contributed by atoms with Crippen LogP contribution in [0.4, 0.5) is 0 Å². The molecule has 0 unspecified atom stereocenters. The van der Waals surface area contributed by atoms with E-state index in [0.29, 0.717) is 18.7 Å². The molecule has 0 saturated carbocycles. The first-order valence-corrected chi connectivity index (χ1v) is 9.07. The zero-order valence-electron chi connectivity index (χ0n) is 12.9. The van der Waals surface area contributed by atoms with E-state index < -0.39 is 9.84 Å². The van der Waals surface area contributed by atoms with Crippen molar-refractivity contribution in [1.82, 2.24) is 4.90 Å². The van der Waals surface area contributed by atoms with Crippen LogP contribution in [0.5, 0.6) is 0 Å². The van der Waals surface area contributed by atoms with Crippen LogP contribution in [0.25, 0.3) is 0 Å². The second-order valence-electron chi connectivity index (χ2n) is 6.88. The molecule has 0 radical (unpaired) electrons. The quantitative estimate of drug-likeness (QED) is 0.841. The summed E-state index contributed by atoms with van der Waals surface area (Å²) in [6.07, 6.45) is 0.962. The van der Waals surface area contributed by atoms with E-state index in [-0.39, 0.29) is 22.8 Å². The van der Waals surface area contributed by atoms with E-state index in [1.807, 2.05) is 24.3 Å². The number of benzene rings is 1. The molecule has 1 fully saturated rings. The third-order valence-corrected chi connectivity index (χ3v) is 5.18. The summed E-state index contributed by atoms with van der Waals surface area (Å²) in [6.45, 7) is 7.14. The predicted octanol–water partition coefficient (Wildman–Crippen LogP) is 2.15. The number of amides is 1. The molecule has 0 atom stereocenters. The normalized spacial score (nSPS) is 18.5. The standard InChI is InChI=1S/C16H23NO3S/c1-16(2,3)12-13-4-6-14(7-5-13)15(18)17-8-10-21(19,20)11-9-17/h4-7H,8-12H2,1-3H3. The molecule has 5 heteroatoms. The lowest BCUT2D eigenvalue weighted by atomic mass is 9.88. The van der Waals surface area contributed by atoms with E-state index in [1.165, 1.54) is 5.56 Å². The number of carbonyl (C=O) groups is 1. The number of carbonyl (C=O) groups excluding carboxylic acids is 1. The van der Waals surface area contributed by atoms with E-state index in [1.54, 1.807) is 4.90 Å². The molecular weight excluding hydrogens is 286 g/mol. The maximum absolute atomic E-state index is 12.3. The highest BCUT2D eigenvalue weighted by molar-refractivity contribution is 7.91. The Balaban J connectivity index is 2.04. The van der Waals surface area contributed by atoms with Crippen molar-refractivity contribution >= 4 is 15.7 Å². The zero-order valence-corrected chi connectivity index (χ0v) is 13.7. The molecular formula is C16H23NO3S. The van der Waals surface area contributed by atoms with E-state index in [9.17, 15) is 13.2 Å². The SMILES string of the molecule is CC(C)(C)Cc1ccc(C(=O)N2CCS(=O)(=O)CC2)cc1. The first-order valence-electron chi connectivity index (χ1n) is 7.25. The lowest BCUT2D eigenvalue weighted by Crippen LogP contribution is -2.43. The summed E-state index contributed by atoms with van der Waals surface area (Å²) >= 11 is 0. The van der Waals surface area contributed by atoms with Crippen molar-refractivity contribution in [2.45, 2.75) is 27.2 Å². The summed E-state index contributed by atoms with van der Waals surface area (Å²) in [4.78, 5) is 14.0. The predicted molar refractivity (Wildman–Crippen MR) is 84.2 cm³/mol. The topological polar surface area (TPSA) is 54.5 Å². The van der Waals surface area contributed by atoms with Crippen molar-refractivity contribution in [3.8, 4) is 0 Å². The van der Waals surface area contributed by atoms with Crippen LogP contribution < -0.4 is 0 Å². The Hall–Kier alpha value is -1.36. The van der Waals surface area contributed by atoms with Gasteiger partial charge in [0.25, 0.3) is 5.91 Å². The molecule has 1 aromatic carbocycles. The summed E-state index contributed by atoms with van der Waals surface area (Å²) in [5.74, 6) is 0.0639. The summed E-state index contributed by atoms with van der Waals surface area (Å²) in [5.41, 5.74) is 2.06. The van der Waals surface area contributed by atoms with Crippen LogP contribution in [-0.4, -0.2) is 43.8 Å². The Morgan fingerprint density at radius 2 is 1.62 bits per heavy atom. The molecule has 116 valence electrons. The Labute approximate surface area is 127 Å². The van der Waals surface area contributed by atoms with Gasteiger partial charge in [0, 0.05) is 18.7 Å². The molecule has 1 aromatic rings. The summed E-state index contributed by atoms with van der Waals surface area (Å²) in [5, 5.41) is 0. The van der Waals surface area contributed by atoms with Gasteiger partial charge in [0.1, 0.15) is 0 Å². The molecule has 2 rings (SSSR count). The van der Waals surface area contributed by atoms with Crippen molar-refractivity contribution in [1.29, 1.82) is 0 Å². The van der Waals surface area contributed by atoms with Gasteiger partial charge < -0.3 is 4.90 Å². The van der Waals surface area contributed by atoms with Crippen LogP contribution in [-0.2, 0) is 16.3 Å². The van der Waals surface area contributed by atoms with E-state index in [2.05, 4.69) is 20.8 Å². The minimum atomic E-state index is -2.95. The van der Waals surface area contributed by atoms with Crippen molar-refractivity contribution in [3.63, 3.8) is 0 Å². The highest BCUT2D eigenvalue weighted by atomic mass is 32.2. The minimum Gasteiger partial charge on any atom is -0.337 e. The summed E-state index contributed by atoms with van der Waals surface area (Å²) < 4.78 is 22.8. The van der Waals surface area contributed by atoms with Crippen LogP contribution in [0.2, 0.25) is 0 Å². The molecule has 1 amide bonds. The Morgan fingerprint density at radius 3 is 2.10 bits per heavy atom. The van der Waals surface area contributed by atoms with Crippen LogP contribution in [0.15, 0.2) is 24.3 Å². The average Bonchev–Trinajstić information content (AvgIpc) is 2.37. The van der Waals surface area contributed by atoms with E-state index in [4.69, 9.17) is 0 Å². The fourth-order valence-electron chi connectivity index (χ4n) is 2.48. The lowest BCUT2D eigenvalue weighted by Gasteiger charge is -2.27. The Bertz CT molecular complexity index is 598. The number of rotatable bonds is 2. The number of hydrogen-bond donors (Lipinski definition) is 0. The van der Waals surface area contributed by atoms with Crippen LogP contribution in [0, 0.1) is 5.41 Å². The van der Waals surface area contributed by atoms with Gasteiger partial charge in [0.05, 0.1) is 11.5 Å². The molecule has 4 nitrogen and oxygen atoms in total.